The van der Waals surface area contributed by atoms with E-state index < -0.39 is 6.10 Å². The molecule has 0 bridgehead atoms. The van der Waals surface area contributed by atoms with Crippen LogP contribution in [0.3, 0.4) is 0 Å². The maximum absolute atomic E-state index is 12.1. The van der Waals surface area contributed by atoms with Crippen LogP contribution in [0, 0.1) is 11.8 Å². The minimum atomic E-state index is -0.488. The molecule has 2 N–H and O–H groups in total. The molecule has 0 radical (unpaired) electrons. The van der Waals surface area contributed by atoms with Crippen molar-refractivity contribution in [3.8, 4) is 0 Å². The number of aliphatic hydroxyl groups is 1. The number of hydrogen-bond donors (Lipinski definition) is 2. The van der Waals surface area contributed by atoms with E-state index in [0.29, 0.717) is 12.3 Å². The SMILES string of the molecule is CC(C(=O)N[C@@H]1c2ccccc2C[C@@H]1O)C1CC1. The van der Waals surface area contributed by atoms with Crippen molar-refractivity contribution in [1.82, 2.24) is 5.32 Å². The molecule has 2 aliphatic carbocycles. The highest BCUT2D eigenvalue weighted by Gasteiger charge is 2.36. The molecule has 3 atom stereocenters. The molecule has 3 rings (SSSR count). The van der Waals surface area contributed by atoms with Gasteiger partial charge < -0.3 is 10.4 Å². The van der Waals surface area contributed by atoms with E-state index in [2.05, 4.69) is 5.32 Å². The van der Waals surface area contributed by atoms with Crippen LogP contribution in [0.1, 0.15) is 36.9 Å². The number of amides is 1. The van der Waals surface area contributed by atoms with Crippen LogP contribution in [0.2, 0.25) is 0 Å². The second kappa shape index (κ2) is 4.39. The number of aliphatic hydroxyl groups excluding tert-OH is 1. The first-order valence-corrected chi connectivity index (χ1v) is 6.73. The Hall–Kier alpha value is -1.35. The molecule has 3 heteroatoms. The van der Waals surface area contributed by atoms with Gasteiger partial charge in [0.25, 0.3) is 0 Å². The maximum Gasteiger partial charge on any atom is 0.223 e. The molecule has 1 aromatic rings. The molecule has 18 heavy (non-hydrogen) atoms. The van der Waals surface area contributed by atoms with Crippen molar-refractivity contribution in [1.29, 1.82) is 0 Å². The van der Waals surface area contributed by atoms with Gasteiger partial charge in [-0.15, -0.1) is 0 Å². The minimum Gasteiger partial charge on any atom is -0.390 e. The van der Waals surface area contributed by atoms with Gasteiger partial charge in [0, 0.05) is 12.3 Å². The Kier molecular flexibility index (Phi) is 2.86. The first kappa shape index (κ1) is 11.7. The van der Waals surface area contributed by atoms with E-state index >= 15 is 0 Å². The summed E-state index contributed by atoms with van der Waals surface area (Å²) >= 11 is 0. The zero-order valence-electron chi connectivity index (χ0n) is 10.6. The molecule has 1 saturated carbocycles. The van der Waals surface area contributed by atoms with Gasteiger partial charge in [0.2, 0.25) is 5.91 Å². The van der Waals surface area contributed by atoms with Crippen LogP contribution in [0.15, 0.2) is 24.3 Å². The summed E-state index contributed by atoms with van der Waals surface area (Å²) in [5.74, 6) is 0.710. The molecule has 0 saturated heterocycles. The molecule has 0 spiro atoms. The third-order valence-corrected chi connectivity index (χ3v) is 4.24. The number of rotatable bonds is 3. The van der Waals surface area contributed by atoms with Crippen LogP contribution in [0.5, 0.6) is 0 Å². The topological polar surface area (TPSA) is 49.3 Å². The summed E-state index contributed by atoms with van der Waals surface area (Å²) < 4.78 is 0. The molecular weight excluding hydrogens is 226 g/mol. The molecule has 0 aliphatic heterocycles. The first-order valence-electron chi connectivity index (χ1n) is 6.73. The fourth-order valence-electron chi connectivity index (χ4n) is 2.84. The number of fused-ring (bicyclic) bond motifs is 1. The van der Waals surface area contributed by atoms with Crippen LogP contribution in [0.25, 0.3) is 0 Å². The third kappa shape index (κ3) is 2.03. The van der Waals surface area contributed by atoms with Gasteiger partial charge in [-0.25, -0.2) is 0 Å². The Bertz CT molecular complexity index is 467. The van der Waals surface area contributed by atoms with Gasteiger partial charge in [0.05, 0.1) is 12.1 Å². The smallest absolute Gasteiger partial charge is 0.223 e. The Morgan fingerprint density at radius 3 is 2.83 bits per heavy atom. The maximum atomic E-state index is 12.1. The predicted octanol–water partition coefficient (Wildman–Crippen LogP) is 1.81. The highest BCUT2D eigenvalue weighted by atomic mass is 16.3. The molecule has 1 amide bonds. The number of nitrogens with one attached hydrogen (secondary N) is 1. The number of carbonyl (C=O) groups is 1. The largest absolute Gasteiger partial charge is 0.390 e. The lowest BCUT2D eigenvalue weighted by atomic mass is 10.0. The molecule has 0 heterocycles. The fourth-order valence-corrected chi connectivity index (χ4v) is 2.84. The van der Waals surface area contributed by atoms with E-state index in [4.69, 9.17) is 0 Å². The first-order chi connectivity index (χ1) is 8.66. The van der Waals surface area contributed by atoms with E-state index in [1.54, 1.807) is 0 Å². The van der Waals surface area contributed by atoms with Crippen molar-refractivity contribution < 1.29 is 9.90 Å². The van der Waals surface area contributed by atoms with Gasteiger partial charge in [-0.3, -0.25) is 4.79 Å². The van der Waals surface area contributed by atoms with Gasteiger partial charge in [-0.05, 0) is 29.9 Å². The van der Waals surface area contributed by atoms with Gasteiger partial charge >= 0.3 is 0 Å². The van der Waals surface area contributed by atoms with Gasteiger partial charge in [0.15, 0.2) is 0 Å². The van der Waals surface area contributed by atoms with Crippen molar-refractivity contribution in [2.24, 2.45) is 11.8 Å². The Labute approximate surface area is 107 Å². The zero-order valence-corrected chi connectivity index (χ0v) is 10.6. The number of benzene rings is 1. The van der Waals surface area contributed by atoms with E-state index in [9.17, 15) is 9.90 Å². The van der Waals surface area contributed by atoms with E-state index in [0.717, 1.165) is 11.1 Å². The van der Waals surface area contributed by atoms with Crippen LogP contribution in [-0.2, 0) is 11.2 Å². The average molecular weight is 245 g/mol. The molecule has 1 unspecified atom stereocenters. The van der Waals surface area contributed by atoms with Crippen molar-refractivity contribution in [3.63, 3.8) is 0 Å². The minimum absolute atomic E-state index is 0.0740. The lowest BCUT2D eigenvalue weighted by Gasteiger charge is -2.20. The molecule has 3 nitrogen and oxygen atoms in total. The molecule has 0 aromatic heterocycles. The Balaban J connectivity index is 1.74. The van der Waals surface area contributed by atoms with Crippen LogP contribution in [0.4, 0.5) is 0 Å². The van der Waals surface area contributed by atoms with Crippen LogP contribution in [-0.4, -0.2) is 17.1 Å². The Morgan fingerprint density at radius 2 is 2.11 bits per heavy atom. The number of carbonyl (C=O) groups excluding carboxylic acids is 1. The zero-order chi connectivity index (χ0) is 12.7. The summed E-state index contributed by atoms with van der Waals surface area (Å²) in [7, 11) is 0. The van der Waals surface area contributed by atoms with Crippen molar-refractivity contribution in [2.45, 2.75) is 38.3 Å². The summed E-state index contributed by atoms with van der Waals surface area (Å²) in [6.45, 7) is 1.99. The second-order valence-electron chi connectivity index (χ2n) is 5.58. The van der Waals surface area contributed by atoms with Crippen LogP contribution >= 0.6 is 0 Å². The molecule has 1 aromatic carbocycles. The van der Waals surface area contributed by atoms with E-state index in [-0.39, 0.29) is 17.9 Å². The molecule has 96 valence electrons. The van der Waals surface area contributed by atoms with E-state index in [1.807, 2.05) is 31.2 Å². The monoisotopic (exact) mass is 245 g/mol. The van der Waals surface area contributed by atoms with Crippen molar-refractivity contribution >= 4 is 5.91 Å². The average Bonchev–Trinajstić information content (AvgIpc) is 3.15. The lowest BCUT2D eigenvalue weighted by Crippen LogP contribution is -2.37. The highest BCUT2D eigenvalue weighted by molar-refractivity contribution is 5.79. The fraction of sp³-hybridized carbons (Fsp3) is 0.533. The van der Waals surface area contributed by atoms with Gasteiger partial charge in [-0.1, -0.05) is 31.2 Å². The predicted molar refractivity (Wildman–Crippen MR) is 68.9 cm³/mol. The lowest BCUT2D eigenvalue weighted by molar-refractivity contribution is -0.126. The van der Waals surface area contributed by atoms with E-state index in [1.165, 1.54) is 12.8 Å². The summed E-state index contributed by atoms with van der Waals surface area (Å²) in [5.41, 5.74) is 2.22. The summed E-state index contributed by atoms with van der Waals surface area (Å²) in [5, 5.41) is 13.1. The second-order valence-corrected chi connectivity index (χ2v) is 5.58. The Morgan fingerprint density at radius 1 is 1.39 bits per heavy atom. The van der Waals surface area contributed by atoms with Gasteiger partial charge in [-0.2, -0.15) is 0 Å². The van der Waals surface area contributed by atoms with Gasteiger partial charge in [0.1, 0.15) is 0 Å². The third-order valence-electron chi connectivity index (χ3n) is 4.24. The highest BCUT2D eigenvalue weighted by Crippen LogP contribution is 2.38. The molecular formula is C15H19NO2. The van der Waals surface area contributed by atoms with Crippen molar-refractivity contribution in [3.05, 3.63) is 35.4 Å². The van der Waals surface area contributed by atoms with Crippen LogP contribution < -0.4 is 5.32 Å². The molecule has 2 aliphatic rings. The summed E-state index contributed by atoms with van der Waals surface area (Å²) in [4.78, 5) is 12.1. The molecule has 1 fully saturated rings. The quantitative estimate of drug-likeness (QED) is 0.853. The van der Waals surface area contributed by atoms with Crippen molar-refractivity contribution in [2.75, 3.05) is 0 Å². The number of hydrogen-bond acceptors (Lipinski definition) is 2. The summed E-state index contributed by atoms with van der Waals surface area (Å²) in [6.07, 6.45) is 2.48. The standard InChI is InChI=1S/C15H19NO2/c1-9(10-6-7-10)15(18)16-14-12-5-3-2-4-11(12)8-13(14)17/h2-5,9-10,13-14,17H,6-8H2,1H3,(H,16,18)/t9?,13-,14+/m0/s1. The normalized spacial score (nSPS) is 27.7. The summed E-state index contributed by atoms with van der Waals surface area (Å²) in [6, 6.07) is 7.73.